The van der Waals surface area contributed by atoms with E-state index in [9.17, 15) is 0 Å². The topological polar surface area (TPSA) is 90.7 Å². The lowest BCUT2D eigenvalue weighted by molar-refractivity contribution is 0.508. The van der Waals surface area contributed by atoms with Crippen LogP contribution in [-0.2, 0) is 6.42 Å². The second-order valence-electron chi connectivity index (χ2n) is 2.32. The molecule has 0 unspecified atom stereocenters. The molecule has 2 rings (SSSR count). The largest absolute Gasteiger partial charge is 0.420 e. The van der Waals surface area contributed by atoms with Crippen LogP contribution in [0.15, 0.2) is 10.6 Å². The molecule has 0 aliphatic heterocycles. The van der Waals surface area contributed by atoms with Crippen molar-refractivity contribution in [2.45, 2.75) is 6.42 Å². The van der Waals surface area contributed by atoms with Crippen molar-refractivity contribution in [2.75, 3.05) is 6.54 Å². The maximum absolute atomic E-state index is 5.34. The second kappa shape index (κ2) is 3.58. The molecule has 0 spiro atoms. The van der Waals surface area contributed by atoms with Gasteiger partial charge in [0.15, 0.2) is 0 Å². The Morgan fingerprint density at radius 2 is 2.38 bits per heavy atom. The first-order valence-corrected chi connectivity index (χ1v) is 4.47. The molecule has 2 heterocycles. The SMILES string of the molecule is NCCc1nnc(-c2cnns2)o1. The first kappa shape index (κ1) is 8.27. The van der Waals surface area contributed by atoms with Crippen molar-refractivity contribution in [2.24, 2.45) is 5.73 Å². The molecule has 0 amide bonds. The van der Waals surface area contributed by atoms with E-state index in [-0.39, 0.29) is 0 Å². The lowest BCUT2D eigenvalue weighted by Crippen LogP contribution is -2.02. The Hall–Kier alpha value is -1.34. The molecule has 68 valence electrons. The van der Waals surface area contributed by atoms with Gasteiger partial charge >= 0.3 is 0 Å². The van der Waals surface area contributed by atoms with Crippen LogP contribution in [0, 0.1) is 0 Å². The fraction of sp³-hybridized carbons (Fsp3) is 0.333. The Balaban J connectivity index is 2.23. The summed E-state index contributed by atoms with van der Waals surface area (Å²) in [7, 11) is 0. The number of rotatable bonds is 3. The zero-order chi connectivity index (χ0) is 9.10. The van der Waals surface area contributed by atoms with Gasteiger partial charge in [-0.05, 0) is 11.5 Å². The molecule has 0 atom stereocenters. The Labute approximate surface area is 77.9 Å². The number of hydrogen-bond acceptors (Lipinski definition) is 7. The van der Waals surface area contributed by atoms with Gasteiger partial charge in [0.2, 0.25) is 5.89 Å². The summed E-state index contributed by atoms with van der Waals surface area (Å²) in [6, 6.07) is 0. The van der Waals surface area contributed by atoms with E-state index in [1.165, 1.54) is 11.5 Å². The number of aromatic nitrogens is 4. The highest BCUT2D eigenvalue weighted by atomic mass is 32.1. The Morgan fingerprint density at radius 1 is 1.46 bits per heavy atom. The van der Waals surface area contributed by atoms with E-state index in [0.29, 0.717) is 24.7 Å². The molecule has 0 bridgehead atoms. The minimum atomic E-state index is 0.457. The van der Waals surface area contributed by atoms with E-state index in [1.54, 1.807) is 6.20 Å². The van der Waals surface area contributed by atoms with Gasteiger partial charge in [0, 0.05) is 13.0 Å². The predicted molar refractivity (Wildman–Crippen MR) is 46.0 cm³/mol. The van der Waals surface area contributed by atoms with Crippen molar-refractivity contribution in [3.63, 3.8) is 0 Å². The molecule has 2 N–H and O–H groups in total. The average Bonchev–Trinajstić information content (AvgIpc) is 2.70. The monoisotopic (exact) mass is 197 g/mol. The van der Waals surface area contributed by atoms with Crippen molar-refractivity contribution >= 4 is 11.5 Å². The first-order chi connectivity index (χ1) is 6.40. The average molecular weight is 197 g/mol. The van der Waals surface area contributed by atoms with Gasteiger partial charge in [-0.15, -0.1) is 15.3 Å². The molecule has 7 heteroatoms. The normalized spacial score (nSPS) is 10.5. The highest BCUT2D eigenvalue weighted by molar-refractivity contribution is 7.09. The molecule has 0 saturated heterocycles. The van der Waals surface area contributed by atoms with E-state index in [4.69, 9.17) is 10.2 Å². The fourth-order valence-corrected chi connectivity index (χ4v) is 1.28. The van der Waals surface area contributed by atoms with Gasteiger partial charge in [-0.2, -0.15) is 0 Å². The molecule has 0 radical (unpaired) electrons. The van der Waals surface area contributed by atoms with Crippen LogP contribution in [0.3, 0.4) is 0 Å². The molecule has 13 heavy (non-hydrogen) atoms. The van der Waals surface area contributed by atoms with Crippen LogP contribution in [0.2, 0.25) is 0 Å². The summed E-state index contributed by atoms with van der Waals surface area (Å²) in [4.78, 5) is 0.774. The van der Waals surface area contributed by atoms with Crippen LogP contribution >= 0.6 is 11.5 Å². The zero-order valence-electron chi connectivity index (χ0n) is 6.67. The maximum Gasteiger partial charge on any atom is 0.261 e. The van der Waals surface area contributed by atoms with Gasteiger partial charge in [-0.1, -0.05) is 4.49 Å². The number of nitrogens with two attached hydrogens (primary N) is 1. The summed E-state index contributed by atoms with van der Waals surface area (Å²) >= 11 is 1.22. The molecule has 2 aromatic rings. The van der Waals surface area contributed by atoms with Crippen LogP contribution in [0.25, 0.3) is 10.8 Å². The Kier molecular flexibility index (Phi) is 2.28. The van der Waals surface area contributed by atoms with Crippen molar-refractivity contribution < 1.29 is 4.42 Å². The maximum atomic E-state index is 5.34. The van der Waals surface area contributed by atoms with Crippen LogP contribution in [0.1, 0.15) is 5.89 Å². The molecular formula is C6H7N5OS. The highest BCUT2D eigenvalue weighted by Crippen LogP contribution is 2.19. The van der Waals surface area contributed by atoms with E-state index in [2.05, 4.69) is 19.8 Å². The van der Waals surface area contributed by atoms with Crippen LogP contribution in [-0.4, -0.2) is 26.3 Å². The second-order valence-corrected chi connectivity index (χ2v) is 3.11. The molecular weight excluding hydrogens is 190 g/mol. The van der Waals surface area contributed by atoms with Gasteiger partial charge in [-0.25, -0.2) is 0 Å². The standard InChI is InChI=1S/C6H7N5OS/c7-2-1-5-9-10-6(12-5)4-3-8-11-13-4/h3H,1-2,7H2. The van der Waals surface area contributed by atoms with E-state index < -0.39 is 0 Å². The Bertz CT molecular complexity index is 370. The van der Waals surface area contributed by atoms with Crippen molar-refractivity contribution in [1.82, 2.24) is 19.8 Å². The third-order valence-corrected chi connectivity index (χ3v) is 2.05. The quantitative estimate of drug-likeness (QED) is 0.749. The summed E-state index contributed by atoms with van der Waals surface area (Å²) in [6.45, 7) is 0.503. The summed E-state index contributed by atoms with van der Waals surface area (Å²) in [6.07, 6.45) is 2.18. The molecule has 0 fully saturated rings. The van der Waals surface area contributed by atoms with E-state index in [1.807, 2.05) is 0 Å². The lowest BCUT2D eigenvalue weighted by atomic mass is 10.4. The molecule has 6 nitrogen and oxygen atoms in total. The minimum Gasteiger partial charge on any atom is -0.420 e. The molecule has 0 aliphatic carbocycles. The third kappa shape index (κ3) is 1.70. The predicted octanol–water partition coefficient (Wildman–Crippen LogP) is 0.0893. The van der Waals surface area contributed by atoms with Crippen LogP contribution < -0.4 is 5.73 Å². The summed E-state index contributed by atoms with van der Waals surface area (Å²) in [5.41, 5.74) is 5.34. The lowest BCUT2D eigenvalue weighted by Gasteiger charge is -1.86. The number of nitrogens with zero attached hydrogens (tertiary/aromatic N) is 4. The van der Waals surface area contributed by atoms with Crippen molar-refractivity contribution in [1.29, 1.82) is 0 Å². The smallest absolute Gasteiger partial charge is 0.261 e. The summed E-state index contributed by atoms with van der Waals surface area (Å²) in [5, 5.41) is 11.3. The van der Waals surface area contributed by atoms with Crippen LogP contribution in [0.5, 0.6) is 0 Å². The molecule has 0 aliphatic rings. The first-order valence-electron chi connectivity index (χ1n) is 3.70. The summed E-state index contributed by atoms with van der Waals surface area (Å²) < 4.78 is 8.99. The van der Waals surface area contributed by atoms with Gasteiger partial charge in [0.25, 0.3) is 5.89 Å². The van der Waals surface area contributed by atoms with E-state index in [0.717, 1.165) is 4.88 Å². The van der Waals surface area contributed by atoms with Gasteiger partial charge < -0.3 is 10.2 Å². The van der Waals surface area contributed by atoms with Crippen LogP contribution in [0.4, 0.5) is 0 Å². The summed E-state index contributed by atoms with van der Waals surface area (Å²) in [5.74, 6) is 1.00. The highest BCUT2D eigenvalue weighted by Gasteiger charge is 2.09. The molecule has 0 saturated carbocycles. The van der Waals surface area contributed by atoms with Gasteiger partial charge in [0.1, 0.15) is 4.88 Å². The zero-order valence-corrected chi connectivity index (χ0v) is 7.49. The molecule has 0 aromatic carbocycles. The third-order valence-electron chi connectivity index (χ3n) is 1.40. The van der Waals surface area contributed by atoms with Crippen molar-refractivity contribution in [3.05, 3.63) is 12.1 Å². The fourth-order valence-electron chi connectivity index (χ4n) is 0.839. The van der Waals surface area contributed by atoms with Crippen molar-refractivity contribution in [3.8, 4) is 10.8 Å². The molecule has 2 aromatic heterocycles. The van der Waals surface area contributed by atoms with Gasteiger partial charge in [-0.3, -0.25) is 0 Å². The van der Waals surface area contributed by atoms with Gasteiger partial charge in [0.05, 0.1) is 6.20 Å². The number of hydrogen-bond donors (Lipinski definition) is 1. The minimum absolute atomic E-state index is 0.457. The van der Waals surface area contributed by atoms with E-state index >= 15 is 0 Å². The Morgan fingerprint density at radius 3 is 3.08 bits per heavy atom.